The molecule has 26 heteroatoms. The third kappa shape index (κ3) is 29.4. The number of esters is 3. The Bertz CT molecular complexity index is 1390. The third-order valence-corrected chi connectivity index (χ3v) is 8.18. The van der Waals surface area contributed by atoms with Gasteiger partial charge in [0.25, 0.3) is 0 Å². The van der Waals surface area contributed by atoms with Crippen molar-refractivity contribution < 1.29 is 113 Å². The Labute approximate surface area is 376 Å². The SMILES string of the molecule is CC(N)C(=O)N(C)CC(=O)NCCCCC(C(=O)O)N(CC(=O)O)CC(=O)O.COC(=O)CN(CC(=O)OC)C(CCCCNC(=O)CN(C)C(=O)C(C)N)C(=O)OC.[Na+].[OH-]. The zero-order valence-corrected chi connectivity index (χ0v) is 38.2. The zero-order chi connectivity index (χ0) is 45.8. The van der Waals surface area contributed by atoms with Crippen LogP contribution in [0.1, 0.15) is 52.4 Å². The molecule has 0 heterocycles. The van der Waals surface area contributed by atoms with Crippen LogP contribution in [-0.4, -0.2) is 212 Å². The molecular formula is C35H63N8NaO17. The fourth-order valence-electron chi connectivity index (χ4n) is 5.18. The van der Waals surface area contributed by atoms with Crippen molar-refractivity contribution >= 4 is 59.4 Å². The summed E-state index contributed by atoms with van der Waals surface area (Å²) in [7, 11) is 6.55. The molecule has 0 saturated carbocycles. The van der Waals surface area contributed by atoms with E-state index in [1.165, 1.54) is 64.0 Å². The van der Waals surface area contributed by atoms with E-state index in [2.05, 4.69) is 20.1 Å². The van der Waals surface area contributed by atoms with Gasteiger partial charge in [0.2, 0.25) is 23.6 Å². The number of unbranched alkanes of at least 4 members (excludes halogenated alkanes) is 2. The van der Waals surface area contributed by atoms with Gasteiger partial charge in [-0.25, -0.2) is 0 Å². The first-order valence-corrected chi connectivity index (χ1v) is 18.4. The van der Waals surface area contributed by atoms with Gasteiger partial charge < -0.3 is 66.9 Å². The summed E-state index contributed by atoms with van der Waals surface area (Å²) in [4.78, 5) is 120. The summed E-state index contributed by atoms with van der Waals surface area (Å²) in [5, 5.41) is 32.2. The maximum absolute atomic E-state index is 12.2. The number of carboxylic acids is 3. The summed E-state index contributed by atoms with van der Waals surface area (Å²) in [6, 6.07) is -3.54. The summed E-state index contributed by atoms with van der Waals surface area (Å²) in [5.41, 5.74) is 10.9. The molecule has 0 fully saturated rings. The van der Waals surface area contributed by atoms with Gasteiger partial charge >= 0.3 is 65.4 Å². The number of rotatable bonds is 28. The van der Waals surface area contributed by atoms with Crippen molar-refractivity contribution in [2.45, 2.75) is 76.5 Å². The minimum atomic E-state index is -1.33. The number of amides is 4. The molecule has 0 aromatic rings. The van der Waals surface area contributed by atoms with Gasteiger partial charge in [-0.15, -0.1) is 0 Å². The normalized spacial score (nSPS) is 12.2. The third-order valence-electron chi connectivity index (χ3n) is 8.18. The molecule has 0 saturated heterocycles. The molecule has 0 aliphatic carbocycles. The van der Waals surface area contributed by atoms with E-state index in [4.69, 9.17) is 26.4 Å². The largest absolute Gasteiger partial charge is 1.00 e. The van der Waals surface area contributed by atoms with Gasteiger partial charge in [-0.2, -0.15) is 0 Å². The molecule has 0 aliphatic rings. The Morgan fingerprint density at radius 1 is 0.557 bits per heavy atom. The minimum Gasteiger partial charge on any atom is -0.870 e. The van der Waals surface area contributed by atoms with Crippen LogP contribution in [0.5, 0.6) is 0 Å². The molecule has 0 aromatic heterocycles. The van der Waals surface area contributed by atoms with Crippen molar-refractivity contribution in [3.05, 3.63) is 0 Å². The Balaban J connectivity index is -0.000000518. The predicted molar refractivity (Wildman–Crippen MR) is 208 cm³/mol. The van der Waals surface area contributed by atoms with E-state index in [9.17, 15) is 53.1 Å². The first-order valence-electron chi connectivity index (χ1n) is 18.4. The zero-order valence-electron chi connectivity index (χ0n) is 36.2. The monoisotopic (exact) mass is 890 g/mol. The number of nitrogens with zero attached hydrogens (tertiary/aromatic N) is 4. The van der Waals surface area contributed by atoms with Crippen molar-refractivity contribution in [3.8, 4) is 0 Å². The van der Waals surface area contributed by atoms with Crippen molar-refractivity contribution in [1.29, 1.82) is 0 Å². The average molecular weight is 891 g/mol. The molecule has 25 nitrogen and oxygen atoms in total. The number of methoxy groups -OCH3 is 3. The Kier molecular flexibility index (Phi) is 36.4. The molecule has 0 bridgehead atoms. The molecule has 0 rings (SSSR count). The second-order valence-corrected chi connectivity index (χ2v) is 13.3. The van der Waals surface area contributed by atoms with Crippen LogP contribution in [0.2, 0.25) is 0 Å². The number of aliphatic carboxylic acids is 3. The molecule has 0 aliphatic heterocycles. The van der Waals surface area contributed by atoms with E-state index in [0.29, 0.717) is 32.2 Å². The number of likely N-dealkylation sites (N-methyl/N-ethyl adjacent to an activating group) is 2. The van der Waals surface area contributed by atoms with Gasteiger partial charge in [-0.1, -0.05) is 0 Å². The molecule has 4 amide bonds. The fourth-order valence-corrected chi connectivity index (χ4v) is 5.18. The second kappa shape index (κ2) is 35.1. The number of nitrogens with one attached hydrogen (secondary N) is 2. The van der Waals surface area contributed by atoms with E-state index >= 15 is 0 Å². The minimum absolute atomic E-state index is 0. The Morgan fingerprint density at radius 2 is 0.902 bits per heavy atom. The van der Waals surface area contributed by atoms with Crippen molar-refractivity contribution in [2.75, 3.05) is 87.8 Å². The van der Waals surface area contributed by atoms with Gasteiger partial charge in [0.05, 0.1) is 72.7 Å². The quantitative estimate of drug-likeness (QED) is 0.0166. The summed E-state index contributed by atoms with van der Waals surface area (Å²) in [6.07, 6.45) is 2.03. The number of carbonyl (C=O) groups excluding carboxylic acids is 7. The van der Waals surface area contributed by atoms with Crippen LogP contribution in [0.15, 0.2) is 0 Å². The first kappa shape index (κ1) is 63.1. The van der Waals surface area contributed by atoms with E-state index in [1.807, 2.05) is 0 Å². The summed E-state index contributed by atoms with van der Waals surface area (Å²) >= 11 is 0. The molecule has 0 spiro atoms. The number of hydrogen-bond donors (Lipinski definition) is 7. The molecule has 346 valence electrons. The second-order valence-electron chi connectivity index (χ2n) is 13.3. The van der Waals surface area contributed by atoms with Crippen LogP contribution < -0.4 is 51.7 Å². The number of ether oxygens (including phenoxy) is 3. The number of hydrogen-bond acceptors (Lipinski definition) is 18. The van der Waals surface area contributed by atoms with E-state index in [-0.39, 0.29) is 98.3 Å². The van der Waals surface area contributed by atoms with Crippen LogP contribution in [0.4, 0.5) is 0 Å². The van der Waals surface area contributed by atoms with Crippen LogP contribution in [0.25, 0.3) is 0 Å². The van der Waals surface area contributed by atoms with Crippen LogP contribution in [0, 0.1) is 0 Å². The maximum Gasteiger partial charge on any atom is 1.00 e. The molecule has 0 radical (unpaired) electrons. The van der Waals surface area contributed by atoms with Crippen LogP contribution in [-0.2, 0) is 62.2 Å². The molecule has 4 unspecified atom stereocenters. The molecule has 4 atom stereocenters. The number of carboxylic acid groups (broad SMARTS) is 3. The first-order chi connectivity index (χ1) is 27.5. The van der Waals surface area contributed by atoms with Gasteiger partial charge in [0.1, 0.15) is 12.1 Å². The van der Waals surface area contributed by atoms with Crippen LogP contribution in [0.3, 0.4) is 0 Å². The smallest absolute Gasteiger partial charge is 0.870 e. The van der Waals surface area contributed by atoms with Gasteiger partial charge in [0, 0.05) is 27.2 Å². The standard InChI is InChI=1S/C19H34N4O8.C16H28N4O8.Na.H2O/c1-13(20)18(27)22(2)10-15(24)21-9-7-6-8-14(19(28)31-5)23(11-16(25)29-3)12-17(26)30-4;1-10(17)15(26)19(2)7-12(21)18-6-4-3-5-11(16(27)28)20(8-13(22)23)9-14(24)25;;/h13-14H,6-12,20H2,1-5H3,(H,21,24);10-11H,3-9,17H2,1-2H3,(H,18,21)(H,22,23)(H,24,25)(H,27,28);;1H2/q;;+1;/p-1. The summed E-state index contributed by atoms with van der Waals surface area (Å²) < 4.78 is 14.0. The maximum atomic E-state index is 12.2. The van der Waals surface area contributed by atoms with Gasteiger partial charge in [-0.05, 0) is 52.4 Å². The van der Waals surface area contributed by atoms with Crippen molar-refractivity contribution in [3.63, 3.8) is 0 Å². The summed E-state index contributed by atoms with van der Waals surface area (Å²) in [5.74, 6) is -7.26. The van der Waals surface area contributed by atoms with Crippen LogP contribution >= 0.6 is 0 Å². The Morgan fingerprint density at radius 3 is 1.20 bits per heavy atom. The molecular weight excluding hydrogens is 827 g/mol. The van der Waals surface area contributed by atoms with Gasteiger partial charge in [0.15, 0.2) is 0 Å². The molecule has 10 N–H and O–H groups in total. The number of carbonyl (C=O) groups is 10. The predicted octanol–water partition coefficient (Wildman–Crippen LogP) is -6.90. The fraction of sp³-hybridized carbons (Fsp3) is 0.714. The molecule has 61 heavy (non-hydrogen) atoms. The average Bonchev–Trinajstić information content (AvgIpc) is 3.15. The van der Waals surface area contributed by atoms with Crippen molar-refractivity contribution in [2.24, 2.45) is 11.5 Å². The van der Waals surface area contributed by atoms with E-state index < -0.39 is 79.0 Å². The van der Waals surface area contributed by atoms with Gasteiger partial charge in [-0.3, -0.25) is 57.7 Å². The van der Waals surface area contributed by atoms with Crippen molar-refractivity contribution in [1.82, 2.24) is 30.2 Å². The van der Waals surface area contributed by atoms with E-state index in [1.54, 1.807) is 0 Å². The topological polar surface area (TPSA) is 378 Å². The summed E-state index contributed by atoms with van der Waals surface area (Å²) in [6.45, 7) is 1.32. The number of nitrogens with two attached hydrogens (primary N) is 2. The van der Waals surface area contributed by atoms with E-state index in [0.717, 1.165) is 4.90 Å². The Hall–Kier alpha value is -4.50. The molecule has 0 aromatic carbocycles.